The van der Waals surface area contributed by atoms with Crippen molar-refractivity contribution in [3.05, 3.63) is 77.5 Å². The first-order chi connectivity index (χ1) is 10.4. The van der Waals surface area contributed by atoms with Gasteiger partial charge in [0.05, 0.1) is 11.2 Å². The average Bonchev–Trinajstić information content (AvgIpc) is 3.09. The van der Waals surface area contributed by atoms with E-state index in [4.69, 9.17) is 4.98 Å². The topological polar surface area (TPSA) is 12.9 Å². The van der Waals surface area contributed by atoms with Crippen LogP contribution >= 0.6 is 11.3 Å². The predicted molar refractivity (Wildman–Crippen MR) is 90.5 cm³/mol. The molecule has 0 aliphatic rings. The maximum absolute atomic E-state index is 4.91. The summed E-state index contributed by atoms with van der Waals surface area (Å²) in [5.41, 5.74) is 5.67. The van der Waals surface area contributed by atoms with Gasteiger partial charge in [0.25, 0.3) is 0 Å². The molecule has 21 heavy (non-hydrogen) atoms. The fourth-order valence-electron chi connectivity index (χ4n) is 2.57. The van der Waals surface area contributed by atoms with Crippen molar-refractivity contribution in [1.29, 1.82) is 0 Å². The second-order valence-electron chi connectivity index (χ2n) is 4.96. The first-order valence-corrected chi connectivity index (χ1v) is 7.84. The molecule has 2 heterocycles. The summed E-state index contributed by atoms with van der Waals surface area (Å²) in [6, 6.07) is 23.1. The molecule has 0 saturated carbocycles. The van der Waals surface area contributed by atoms with E-state index in [1.54, 1.807) is 11.3 Å². The molecule has 0 saturated heterocycles. The van der Waals surface area contributed by atoms with Gasteiger partial charge in [0.1, 0.15) is 0 Å². The van der Waals surface area contributed by atoms with Crippen LogP contribution in [-0.4, -0.2) is 4.98 Å². The van der Waals surface area contributed by atoms with Gasteiger partial charge in [-0.15, -0.1) is 0 Å². The summed E-state index contributed by atoms with van der Waals surface area (Å²) < 4.78 is 0. The Bertz CT molecular complexity index is 880. The molecule has 4 rings (SSSR count). The van der Waals surface area contributed by atoms with E-state index < -0.39 is 0 Å². The minimum Gasteiger partial charge on any atom is -0.247 e. The fraction of sp³-hybridized carbons (Fsp3) is 0. The Kier molecular flexibility index (Phi) is 3.02. The van der Waals surface area contributed by atoms with E-state index in [0.717, 1.165) is 16.8 Å². The van der Waals surface area contributed by atoms with Crippen LogP contribution in [0.4, 0.5) is 0 Å². The number of hydrogen-bond acceptors (Lipinski definition) is 2. The van der Waals surface area contributed by atoms with Gasteiger partial charge in [0.2, 0.25) is 0 Å². The Balaban J connectivity index is 2.05. The van der Waals surface area contributed by atoms with Crippen LogP contribution in [0.25, 0.3) is 33.3 Å². The molecule has 1 nitrogen and oxygen atoms in total. The Morgan fingerprint density at radius 2 is 1.57 bits per heavy atom. The third-order valence-corrected chi connectivity index (χ3v) is 4.29. The number of pyridine rings is 1. The van der Waals surface area contributed by atoms with Crippen LogP contribution in [0, 0.1) is 0 Å². The van der Waals surface area contributed by atoms with Crippen LogP contribution in [-0.2, 0) is 0 Å². The Morgan fingerprint density at radius 1 is 0.762 bits per heavy atom. The van der Waals surface area contributed by atoms with E-state index >= 15 is 0 Å². The number of para-hydroxylation sites is 1. The summed E-state index contributed by atoms with van der Waals surface area (Å²) in [6.45, 7) is 0. The lowest BCUT2D eigenvalue weighted by Crippen LogP contribution is -1.90. The zero-order chi connectivity index (χ0) is 14.1. The minimum atomic E-state index is 1.04. The number of hydrogen-bond donors (Lipinski definition) is 0. The second-order valence-corrected chi connectivity index (χ2v) is 5.74. The average molecular weight is 287 g/mol. The van der Waals surface area contributed by atoms with Gasteiger partial charge in [-0.2, -0.15) is 11.3 Å². The number of fused-ring (bicyclic) bond motifs is 1. The van der Waals surface area contributed by atoms with E-state index in [-0.39, 0.29) is 0 Å². The molecule has 0 aliphatic carbocycles. The van der Waals surface area contributed by atoms with E-state index in [1.807, 2.05) is 12.1 Å². The number of rotatable bonds is 2. The number of nitrogens with zero attached hydrogens (tertiary/aromatic N) is 1. The zero-order valence-electron chi connectivity index (χ0n) is 11.4. The Hall–Kier alpha value is -2.45. The van der Waals surface area contributed by atoms with Gasteiger partial charge < -0.3 is 0 Å². The first-order valence-electron chi connectivity index (χ1n) is 6.89. The van der Waals surface area contributed by atoms with E-state index in [0.29, 0.717) is 0 Å². The van der Waals surface area contributed by atoms with Crippen molar-refractivity contribution in [2.45, 2.75) is 0 Å². The highest BCUT2D eigenvalue weighted by atomic mass is 32.1. The third-order valence-electron chi connectivity index (χ3n) is 3.60. The number of aromatic nitrogens is 1. The smallest absolute Gasteiger partial charge is 0.0788 e. The highest BCUT2D eigenvalue weighted by molar-refractivity contribution is 7.08. The van der Waals surface area contributed by atoms with Crippen LogP contribution < -0.4 is 0 Å². The molecule has 0 fully saturated rings. The molecule has 0 amide bonds. The van der Waals surface area contributed by atoms with Crippen molar-refractivity contribution in [2.24, 2.45) is 0 Å². The summed E-state index contributed by atoms with van der Waals surface area (Å²) in [5, 5.41) is 5.47. The van der Waals surface area contributed by atoms with Crippen molar-refractivity contribution >= 4 is 22.2 Å². The van der Waals surface area contributed by atoms with Gasteiger partial charge in [0.15, 0.2) is 0 Å². The van der Waals surface area contributed by atoms with Crippen molar-refractivity contribution in [3.8, 4) is 22.4 Å². The van der Waals surface area contributed by atoms with Gasteiger partial charge in [-0.05, 0) is 34.5 Å². The zero-order valence-corrected chi connectivity index (χ0v) is 12.2. The van der Waals surface area contributed by atoms with Crippen molar-refractivity contribution in [1.82, 2.24) is 4.98 Å². The van der Waals surface area contributed by atoms with E-state index in [9.17, 15) is 0 Å². The Labute approximate surface area is 127 Å². The van der Waals surface area contributed by atoms with Gasteiger partial charge in [-0.3, -0.25) is 0 Å². The lowest BCUT2D eigenvalue weighted by Gasteiger charge is -2.10. The van der Waals surface area contributed by atoms with Gasteiger partial charge in [-0.1, -0.05) is 48.5 Å². The molecule has 0 bridgehead atoms. The molecule has 2 aromatic carbocycles. The van der Waals surface area contributed by atoms with Gasteiger partial charge in [0, 0.05) is 16.5 Å². The van der Waals surface area contributed by atoms with Crippen LogP contribution in [0.2, 0.25) is 0 Å². The number of thiophene rings is 1. The summed E-state index contributed by atoms with van der Waals surface area (Å²) in [5.74, 6) is 0. The summed E-state index contributed by atoms with van der Waals surface area (Å²) in [7, 11) is 0. The lowest BCUT2D eigenvalue weighted by molar-refractivity contribution is 1.40. The molecule has 2 aromatic heterocycles. The summed E-state index contributed by atoms with van der Waals surface area (Å²) in [4.78, 5) is 4.91. The van der Waals surface area contributed by atoms with Gasteiger partial charge >= 0.3 is 0 Å². The Morgan fingerprint density at radius 3 is 2.38 bits per heavy atom. The molecule has 0 radical (unpaired) electrons. The molecule has 0 N–H and O–H groups in total. The monoisotopic (exact) mass is 287 g/mol. The second kappa shape index (κ2) is 5.15. The molecule has 100 valence electrons. The third kappa shape index (κ3) is 2.24. The number of benzene rings is 2. The molecular weight excluding hydrogens is 274 g/mol. The SMILES string of the molecule is c1ccc(-c2nc3ccccc3cc2-c2ccsc2)cc1. The molecule has 0 unspecified atom stereocenters. The fourth-order valence-corrected chi connectivity index (χ4v) is 3.23. The van der Waals surface area contributed by atoms with Crippen LogP contribution in [0.5, 0.6) is 0 Å². The first kappa shape index (κ1) is 12.3. The highest BCUT2D eigenvalue weighted by Gasteiger charge is 2.11. The summed E-state index contributed by atoms with van der Waals surface area (Å²) >= 11 is 1.72. The lowest BCUT2D eigenvalue weighted by atomic mass is 9.99. The predicted octanol–water partition coefficient (Wildman–Crippen LogP) is 5.63. The van der Waals surface area contributed by atoms with Crippen LogP contribution in [0.1, 0.15) is 0 Å². The van der Waals surface area contributed by atoms with Gasteiger partial charge in [-0.25, -0.2) is 4.98 Å². The largest absolute Gasteiger partial charge is 0.247 e. The molecule has 2 heteroatoms. The molecule has 4 aromatic rings. The maximum atomic E-state index is 4.91. The molecule has 0 aliphatic heterocycles. The molecule has 0 atom stereocenters. The van der Waals surface area contributed by atoms with Crippen molar-refractivity contribution in [3.63, 3.8) is 0 Å². The van der Waals surface area contributed by atoms with Crippen LogP contribution in [0.3, 0.4) is 0 Å². The van der Waals surface area contributed by atoms with Crippen molar-refractivity contribution < 1.29 is 0 Å². The van der Waals surface area contributed by atoms with Crippen molar-refractivity contribution in [2.75, 3.05) is 0 Å². The maximum Gasteiger partial charge on any atom is 0.0788 e. The van der Waals surface area contributed by atoms with Crippen LogP contribution in [0.15, 0.2) is 77.5 Å². The van der Waals surface area contributed by atoms with E-state index in [2.05, 4.69) is 65.4 Å². The highest BCUT2D eigenvalue weighted by Crippen LogP contribution is 2.34. The quantitative estimate of drug-likeness (QED) is 0.465. The standard InChI is InChI=1S/C19H13NS/c1-2-6-14(7-3-1)19-17(16-10-11-21-13-16)12-15-8-4-5-9-18(15)20-19/h1-13H. The normalized spacial score (nSPS) is 10.9. The minimum absolute atomic E-state index is 1.04. The molecule has 0 spiro atoms. The summed E-state index contributed by atoms with van der Waals surface area (Å²) in [6.07, 6.45) is 0. The molecular formula is C19H13NS. The van der Waals surface area contributed by atoms with E-state index in [1.165, 1.54) is 16.5 Å².